The lowest BCUT2D eigenvalue weighted by atomic mass is 9.90. The minimum atomic E-state index is -3.68. The minimum Gasteiger partial charge on any atom is -0.468 e. The number of aromatic nitrogens is 1. The number of hydrogen-bond acceptors (Lipinski definition) is 5. The van der Waals surface area contributed by atoms with Crippen molar-refractivity contribution in [2.45, 2.75) is 24.8 Å². The fourth-order valence-electron chi connectivity index (χ4n) is 3.94. The molecule has 1 aromatic heterocycles. The van der Waals surface area contributed by atoms with E-state index in [0.29, 0.717) is 12.0 Å². The fraction of sp³-hybridized carbons (Fsp3) is 0.250. The smallest absolute Gasteiger partial charge is 0.468 e. The van der Waals surface area contributed by atoms with Crippen LogP contribution in [-0.4, -0.2) is 30.4 Å². The van der Waals surface area contributed by atoms with Gasteiger partial charge in [-0.1, -0.05) is 24.3 Å². The summed E-state index contributed by atoms with van der Waals surface area (Å²) < 4.78 is 40.7. The number of methoxy groups -OCH3 is 1. The predicted molar refractivity (Wildman–Crippen MR) is 95.4 cm³/mol. The number of carbonyl (C=O) groups is 1. The minimum absolute atomic E-state index is 0.0223. The molecule has 0 saturated heterocycles. The van der Waals surface area contributed by atoms with Gasteiger partial charge in [-0.15, -0.1) is 8.78 Å². The van der Waals surface area contributed by atoms with Crippen LogP contribution >= 0.6 is 0 Å². The van der Waals surface area contributed by atoms with Gasteiger partial charge in [0.15, 0.2) is 11.5 Å². The lowest BCUT2D eigenvalue weighted by Gasteiger charge is -2.30. The van der Waals surface area contributed by atoms with Crippen molar-refractivity contribution in [2.24, 2.45) is 0 Å². The lowest BCUT2D eigenvalue weighted by Crippen LogP contribution is -2.45. The number of H-pyrrole nitrogens is 1. The predicted octanol–water partition coefficient (Wildman–Crippen LogP) is 3.27. The van der Waals surface area contributed by atoms with Gasteiger partial charge in [0.05, 0.1) is 13.2 Å². The van der Waals surface area contributed by atoms with Crippen LogP contribution in [0.2, 0.25) is 0 Å². The molecule has 0 fully saturated rings. The average Bonchev–Trinajstić information content (AvgIpc) is 3.21. The molecule has 144 valence electrons. The Kier molecular flexibility index (Phi) is 3.60. The molecule has 0 aliphatic carbocycles. The van der Waals surface area contributed by atoms with E-state index in [1.165, 1.54) is 19.2 Å². The van der Waals surface area contributed by atoms with E-state index in [-0.39, 0.29) is 17.5 Å². The van der Waals surface area contributed by atoms with Crippen molar-refractivity contribution in [1.82, 2.24) is 10.3 Å². The molecule has 2 aliphatic rings. The van der Waals surface area contributed by atoms with Crippen LogP contribution < -0.4 is 14.8 Å². The topological polar surface area (TPSA) is 72.6 Å². The summed E-state index contributed by atoms with van der Waals surface area (Å²) in [6, 6.07) is 11.4. The maximum atomic E-state index is 13.4. The van der Waals surface area contributed by atoms with Crippen LogP contribution in [-0.2, 0) is 16.0 Å². The number of esters is 1. The van der Waals surface area contributed by atoms with Gasteiger partial charge in [0, 0.05) is 23.0 Å². The molecule has 0 bridgehead atoms. The number of ether oxygens (including phenoxy) is 3. The molecule has 0 amide bonds. The Balaban J connectivity index is 1.62. The Labute approximate surface area is 158 Å². The number of benzene rings is 2. The van der Waals surface area contributed by atoms with E-state index in [2.05, 4.69) is 19.8 Å². The molecule has 5 rings (SSSR count). The summed E-state index contributed by atoms with van der Waals surface area (Å²) in [5.74, 6) is -0.443. The molecule has 0 radical (unpaired) electrons. The van der Waals surface area contributed by atoms with Crippen molar-refractivity contribution in [3.05, 3.63) is 59.3 Å². The van der Waals surface area contributed by atoms with Gasteiger partial charge in [-0.05, 0) is 29.3 Å². The zero-order valence-electron chi connectivity index (χ0n) is 14.8. The van der Waals surface area contributed by atoms with E-state index in [4.69, 9.17) is 4.74 Å². The van der Waals surface area contributed by atoms with Crippen LogP contribution in [0.4, 0.5) is 8.78 Å². The second-order valence-corrected chi connectivity index (χ2v) is 6.82. The zero-order valence-corrected chi connectivity index (χ0v) is 14.8. The highest BCUT2D eigenvalue weighted by Gasteiger charge is 2.44. The Hall–Kier alpha value is -3.13. The van der Waals surface area contributed by atoms with Gasteiger partial charge in [0.2, 0.25) is 0 Å². The number of halogens is 2. The normalized spacial score (nSPS) is 22.1. The molecule has 0 saturated carbocycles. The molecule has 0 spiro atoms. The molecular weight excluding hydrogens is 370 g/mol. The first-order valence-electron chi connectivity index (χ1n) is 8.78. The zero-order chi connectivity index (χ0) is 19.5. The standard InChI is InChI=1S/C20H16F2N2O4/c1-26-19(25)14-9-12-11-4-2-3-5-13(11)23-18(12)17(24-14)10-6-7-15-16(8-10)28-20(21,22)27-15/h2-8,14,17,23-24H,9H2,1H3/t14-,17-/m1/s1. The van der Waals surface area contributed by atoms with Crippen LogP contribution in [0.15, 0.2) is 42.5 Å². The number of alkyl halides is 2. The summed E-state index contributed by atoms with van der Waals surface area (Å²) >= 11 is 0. The van der Waals surface area contributed by atoms with E-state index < -0.39 is 18.4 Å². The Morgan fingerprint density at radius 1 is 1.18 bits per heavy atom. The highest BCUT2D eigenvalue weighted by atomic mass is 19.3. The quantitative estimate of drug-likeness (QED) is 0.662. The van der Waals surface area contributed by atoms with Gasteiger partial charge < -0.3 is 19.2 Å². The molecule has 6 nitrogen and oxygen atoms in total. The first kappa shape index (κ1) is 17.0. The second kappa shape index (κ2) is 5.93. The first-order chi connectivity index (χ1) is 13.4. The van der Waals surface area contributed by atoms with Crippen molar-refractivity contribution >= 4 is 16.9 Å². The molecule has 3 aromatic rings. The molecule has 3 heterocycles. The molecule has 2 aliphatic heterocycles. The van der Waals surface area contributed by atoms with Crippen LogP contribution in [0.25, 0.3) is 10.9 Å². The summed E-state index contributed by atoms with van der Waals surface area (Å²) in [4.78, 5) is 15.6. The monoisotopic (exact) mass is 386 g/mol. The van der Waals surface area contributed by atoms with Crippen molar-refractivity contribution < 1.29 is 27.8 Å². The van der Waals surface area contributed by atoms with E-state index in [1.807, 2.05) is 24.3 Å². The van der Waals surface area contributed by atoms with Crippen LogP contribution in [0, 0.1) is 0 Å². The van der Waals surface area contributed by atoms with E-state index in [0.717, 1.165) is 22.2 Å². The van der Waals surface area contributed by atoms with Gasteiger partial charge in [-0.25, -0.2) is 0 Å². The molecular formula is C20H16F2N2O4. The van der Waals surface area contributed by atoms with E-state index >= 15 is 0 Å². The van der Waals surface area contributed by atoms with Gasteiger partial charge in [0.1, 0.15) is 6.04 Å². The maximum absolute atomic E-state index is 13.4. The van der Waals surface area contributed by atoms with Gasteiger partial charge in [-0.3, -0.25) is 10.1 Å². The van der Waals surface area contributed by atoms with Crippen molar-refractivity contribution in [3.63, 3.8) is 0 Å². The second-order valence-electron chi connectivity index (χ2n) is 6.82. The van der Waals surface area contributed by atoms with Crippen LogP contribution in [0.3, 0.4) is 0 Å². The number of nitrogens with one attached hydrogen (secondary N) is 2. The number of fused-ring (bicyclic) bond motifs is 4. The van der Waals surface area contributed by atoms with Crippen LogP contribution in [0.5, 0.6) is 11.5 Å². The number of rotatable bonds is 2. The number of carbonyl (C=O) groups excluding carboxylic acids is 1. The van der Waals surface area contributed by atoms with Crippen molar-refractivity contribution in [3.8, 4) is 11.5 Å². The summed E-state index contributed by atoms with van der Waals surface area (Å²) in [5, 5.41) is 4.28. The third kappa shape index (κ3) is 2.60. The van der Waals surface area contributed by atoms with Gasteiger partial charge in [0.25, 0.3) is 0 Å². The Morgan fingerprint density at radius 3 is 2.79 bits per heavy atom. The Bertz CT molecular complexity index is 1090. The lowest BCUT2D eigenvalue weighted by molar-refractivity contribution is -0.286. The number of hydrogen-bond donors (Lipinski definition) is 2. The van der Waals surface area contributed by atoms with E-state index in [9.17, 15) is 13.6 Å². The molecule has 2 atom stereocenters. The molecule has 2 aromatic carbocycles. The molecule has 2 N–H and O–H groups in total. The fourth-order valence-corrected chi connectivity index (χ4v) is 3.94. The maximum Gasteiger partial charge on any atom is 0.586 e. The highest BCUT2D eigenvalue weighted by Crippen LogP contribution is 2.44. The van der Waals surface area contributed by atoms with Crippen molar-refractivity contribution in [2.75, 3.05) is 7.11 Å². The third-order valence-corrected chi connectivity index (χ3v) is 5.16. The summed E-state index contributed by atoms with van der Waals surface area (Å²) in [5.41, 5.74) is 3.49. The number of para-hydroxylation sites is 1. The summed E-state index contributed by atoms with van der Waals surface area (Å²) in [7, 11) is 1.34. The molecule has 28 heavy (non-hydrogen) atoms. The largest absolute Gasteiger partial charge is 0.586 e. The third-order valence-electron chi connectivity index (χ3n) is 5.16. The van der Waals surface area contributed by atoms with Gasteiger partial charge >= 0.3 is 12.3 Å². The molecule has 0 unspecified atom stereocenters. The van der Waals surface area contributed by atoms with Gasteiger partial charge in [-0.2, -0.15) is 0 Å². The van der Waals surface area contributed by atoms with Crippen molar-refractivity contribution in [1.29, 1.82) is 0 Å². The number of aromatic amines is 1. The molecule has 8 heteroatoms. The average molecular weight is 386 g/mol. The highest BCUT2D eigenvalue weighted by molar-refractivity contribution is 5.87. The summed E-state index contributed by atoms with van der Waals surface area (Å²) in [6.07, 6.45) is -3.22. The van der Waals surface area contributed by atoms with E-state index in [1.54, 1.807) is 6.07 Å². The summed E-state index contributed by atoms with van der Waals surface area (Å²) in [6.45, 7) is 0. The Morgan fingerprint density at radius 2 is 1.96 bits per heavy atom. The SMILES string of the molecule is COC(=O)[C@H]1Cc2c([nH]c3ccccc23)[C@@H](c2ccc3c(c2)OC(F)(F)O3)N1. The first-order valence-corrected chi connectivity index (χ1v) is 8.78. The van der Waals surface area contributed by atoms with Crippen LogP contribution in [0.1, 0.15) is 22.9 Å².